The van der Waals surface area contributed by atoms with E-state index in [2.05, 4.69) is 13.8 Å². The molecule has 2 aromatic rings. The van der Waals surface area contributed by atoms with Gasteiger partial charge in [0.1, 0.15) is 5.82 Å². The van der Waals surface area contributed by atoms with Crippen molar-refractivity contribution in [3.05, 3.63) is 47.1 Å². The summed E-state index contributed by atoms with van der Waals surface area (Å²) in [4.78, 5) is 16.8. The number of hydrogen-bond acceptors (Lipinski definition) is 2. The van der Waals surface area contributed by atoms with Crippen LogP contribution in [0.25, 0.3) is 10.4 Å². The standard InChI is InChI=1S/C19H22FNOS/c1-13(2)21(16-5-3-4-6-16)19(22)18-12-11-17(23-18)14-7-9-15(20)10-8-14/h7-13,16H,3-6H2,1-2H3. The van der Waals surface area contributed by atoms with Crippen molar-refractivity contribution in [1.29, 1.82) is 0 Å². The lowest BCUT2D eigenvalue weighted by Gasteiger charge is -2.32. The molecule has 23 heavy (non-hydrogen) atoms. The molecule has 1 aromatic carbocycles. The van der Waals surface area contributed by atoms with Crippen LogP contribution in [0.15, 0.2) is 36.4 Å². The summed E-state index contributed by atoms with van der Waals surface area (Å²) >= 11 is 1.49. The van der Waals surface area contributed by atoms with Crippen LogP contribution in [0.5, 0.6) is 0 Å². The first-order valence-electron chi connectivity index (χ1n) is 8.24. The van der Waals surface area contributed by atoms with Crippen molar-refractivity contribution in [2.75, 3.05) is 0 Å². The van der Waals surface area contributed by atoms with Gasteiger partial charge in [-0.05, 0) is 56.5 Å². The van der Waals surface area contributed by atoms with Gasteiger partial charge in [0.2, 0.25) is 0 Å². The van der Waals surface area contributed by atoms with Crippen LogP contribution in [0, 0.1) is 5.82 Å². The average Bonchev–Trinajstić information content (AvgIpc) is 3.19. The number of carbonyl (C=O) groups excluding carboxylic acids is 1. The molecule has 1 heterocycles. The van der Waals surface area contributed by atoms with Crippen molar-refractivity contribution >= 4 is 17.2 Å². The maximum absolute atomic E-state index is 13.0. The highest BCUT2D eigenvalue weighted by atomic mass is 32.1. The van der Waals surface area contributed by atoms with Gasteiger partial charge in [-0.25, -0.2) is 4.39 Å². The van der Waals surface area contributed by atoms with Crippen molar-refractivity contribution in [1.82, 2.24) is 4.90 Å². The highest BCUT2D eigenvalue weighted by molar-refractivity contribution is 7.17. The molecule has 122 valence electrons. The van der Waals surface area contributed by atoms with E-state index in [-0.39, 0.29) is 17.8 Å². The number of amides is 1. The summed E-state index contributed by atoms with van der Waals surface area (Å²) in [7, 11) is 0. The minimum absolute atomic E-state index is 0.130. The summed E-state index contributed by atoms with van der Waals surface area (Å²) in [5.74, 6) is -0.112. The van der Waals surface area contributed by atoms with E-state index in [1.54, 1.807) is 12.1 Å². The molecule has 0 saturated heterocycles. The van der Waals surface area contributed by atoms with Crippen LogP contribution in [0.4, 0.5) is 4.39 Å². The monoisotopic (exact) mass is 331 g/mol. The quantitative estimate of drug-likeness (QED) is 0.740. The fourth-order valence-corrected chi connectivity index (χ4v) is 4.31. The molecule has 3 rings (SSSR count). The van der Waals surface area contributed by atoms with Crippen LogP contribution in [-0.4, -0.2) is 22.9 Å². The number of thiophene rings is 1. The minimum Gasteiger partial charge on any atom is -0.333 e. The Labute approximate surface area is 140 Å². The van der Waals surface area contributed by atoms with E-state index in [0.29, 0.717) is 6.04 Å². The lowest BCUT2D eigenvalue weighted by molar-refractivity contribution is 0.0618. The van der Waals surface area contributed by atoms with Gasteiger partial charge in [0.15, 0.2) is 0 Å². The van der Waals surface area contributed by atoms with Crippen molar-refractivity contribution in [3.8, 4) is 10.4 Å². The molecular formula is C19H22FNOS. The molecule has 0 radical (unpaired) electrons. The van der Waals surface area contributed by atoms with Gasteiger partial charge < -0.3 is 4.90 Å². The first kappa shape index (κ1) is 16.2. The number of nitrogens with zero attached hydrogens (tertiary/aromatic N) is 1. The third-order valence-electron chi connectivity index (χ3n) is 4.45. The van der Waals surface area contributed by atoms with Crippen molar-refractivity contribution < 1.29 is 9.18 Å². The first-order chi connectivity index (χ1) is 11.1. The van der Waals surface area contributed by atoms with E-state index in [1.165, 1.54) is 36.3 Å². The molecule has 4 heteroatoms. The predicted molar refractivity (Wildman–Crippen MR) is 93.3 cm³/mol. The van der Waals surface area contributed by atoms with Gasteiger partial charge in [-0.2, -0.15) is 0 Å². The van der Waals surface area contributed by atoms with Gasteiger partial charge in [0.05, 0.1) is 4.88 Å². The zero-order valence-corrected chi connectivity index (χ0v) is 14.4. The van der Waals surface area contributed by atoms with E-state index in [4.69, 9.17) is 0 Å². The Morgan fingerprint density at radius 3 is 2.39 bits per heavy atom. The SMILES string of the molecule is CC(C)N(C(=O)c1ccc(-c2ccc(F)cc2)s1)C1CCCC1. The predicted octanol–water partition coefficient (Wildman–Crippen LogP) is 5.35. The Morgan fingerprint density at radius 2 is 1.78 bits per heavy atom. The van der Waals surface area contributed by atoms with Gasteiger partial charge in [-0.1, -0.05) is 25.0 Å². The Kier molecular flexibility index (Phi) is 4.81. The number of rotatable bonds is 4. The molecular weight excluding hydrogens is 309 g/mol. The molecule has 2 nitrogen and oxygen atoms in total. The van der Waals surface area contributed by atoms with Gasteiger partial charge in [-0.3, -0.25) is 4.79 Å². The van der Waals surface area contributed by atoms with Crippen LogP contribution in [0.2, 0.25) is 0 Å². The number of carbonyl (C=O) groups is 1. The Balaban J connectivity index is 1.83. The lowest BCUT2D eigenvalue weighted by Crippen LogP contribution is -2.43. The Hall–Kier alpha value is -1.68. The number of hydrogen-bond donors (Lipinski definition) is 0. The maximum Gasteiger partial charge on any atom is 0.264 e. The second kappa shape index (κ2) is 6.83. The fourth-order valence-electron chi connectivity index (χ4n) is 3.35. The molecule has 1 aromatic heterocycles. The molecule has 0 unspecified atom stereocenters. The molecule has 1 saturated carbocycles. The van der Waals surface area contributed by atoms with Gasteiger partial charge in [0, 0.05) is 17.0 Å². The summed E-state index contributed by atoms with van der Waals surface area (Å²) in [6, 6.07) is 10.9. The van der Waals surface area contributed by atoms with Gasteiger partial charge in [-0.15, -0.1) is 11.3 Å². The topological polar surface area (TPSA) is 20.3 Å². The molecule has 0 N–H and O–H groups in total. The second-order valence-corrected chi connectivity index (χ2v) is 7.50. The first-order valence-corrected chi connectivity index (χ1v) is 9.06. The van der Waals surface area contributed by atoms with E-state index in [1.807, 2.05) is 17.0 Å². The normalized spacial score (nSPS) is 15.3. The zero-order valence-electron chi connectivity index (χ0n) is 13.6. The number of halogens is 1. The molecule has 0 aliphatic heterocycles. The van der Waals surface area contributed by atoms with E-state index in [0.717, 1.165) is 28.2 Å². The summed E-state index contributed by atoms with van der Waals surface area (Å²) in [5, 5.41) is 0. The van der Waals surface area contributed by atoms with Crippen LogP contribution in [0.3, 0.4) is 0 Å². The minimum atomic E-state index is -0.242. The van der Waals surface area contributed by atoms with E-state index < -0.39 is 0 Å². The van der Waals surface area contributed by atoms with E-state index in [9.17, 15) is 9.18 Å². The lowest BCUT2D eigenvalue weighted by atomic mass is 10.1. The Bertz CT molecular complexity index is 671. The summed E-state index contributed by atoms with van der Waals surface area (Å²) in [6.07, 6.45) is 4.65. The van der Waals surface area contributed by atoms with Crippen LogP contribution in [-0.2, 0) is 0 Å². The highest BCUT2D eigenvalue weighted by Crippen LogP contribution is 2.32. The summed E-state index contributed by atoms with van der Waals surface area (Å²) < 4.78 is 13.0. The molecule has 1 aliphatic carbocycles. The molecule has 1 fully saturated rings. The fraction of sp³-hybridized carbons (Fsp3) is 0.421. The van der Waals surface area contributed by atoms with Crippen LogP contribution >= 0.6 is 11.3 Å². The van der Waals surface area contributed by atoms with Gasteiger partial charge in [0.25, 0.3) is 5.91 Å². The number of benzene rings is 1. The molecule has 0 bridgehead atoms. The second-order valence-electron chi connectivity index (χ2n) is 6.42. The molecule has 0 spiro atoms. The van der Waals surface area contributed by atoms with Crippen molar-refractivity contribution in [2.24, 2.45) is 0 Å². The third kappa shape index (κ3) is 3.47. The molecule has 0 atom stereocenters. The highest BCUT2D eigenvalue weighted by Gasteiger charge is 2.30. The van der Waals surface area contributed by atoms with Crippen LogP contribution < -0.4 is 0 Å². The van der Waals surface area contributed by atoms with Crippen molar-refractivity contribution in [2.45, 2.75) is 51.6 Å². The molecule has 1 amide bonds. The molecule has 1 aliphatic rings. The zero-order chi connectivity index (χ0) is 16.4. The summed E-state index contributed by atoms with van der Waals surface area (Å²) in [5.41, 5.74) is 0.951. The van der Waals surface area contributed by atoms with Gasteiger partial charge >= 0.3 is 0 Å². The van der Waals surface area contributed by atoms with Crippen LogP contribution in [0.1, 0.15) is 49.2 Å². The average molecular weight is 331 g/mol. The third-order valence-corrected chi connectivity index (χ3v) is 5.58. The maximum atomic E-state index is 13.0. The largest absolute Gasteiger partial charge is 0.333 e. The smallest absolute Gasteiger partial charge is 0.264 e. The van der Waals surface area contributed by atoms with E-state index >= 15 is 0 Å². The summed E-state index contributed by atoms with van der Waals surface area (Å²) in [6.45, 7) is 4.18. The Morgan fingerprint density at radius 1 is 1.13 bits per heavy atom. The van der Waals surface area contributed by atoms with Crippen molar-refractivity contribution in [3.63, 3.8) is 0 Å².